The lowest BCUT2D eigenvalue weighted by molar-refractivity contribution is -0.110. The van der Waals surface area contributed by atoms with Gasteiger partial charge in [-0.1, -0.05) is 30.7 Å². The molecule has 1 aliphatic rings. The summed E-state index contributed by atoms with van der Waals surface area (Å²) in [5.74, 6) is 0. The zero-order valence-corrected chi connectivity index (χ0v) is 13.1. The molecule has 1 aromatic rings. The van der Waals surface area contributed by atoms with E-state index in [9.17, 15) is 0 Å². The fourth-order valence-electron chi connectivity index (χ4n) is 2.96. The van der Waals surface area contributed by atoms with Crippen molar-refractivity contribution in [3.63, 3.8) is 0 Å². The van der Waals surface area contributed by atoms with Gasteiger partial charge in [0, 0.05) is 44.2 Å². The molecule has 20 heavy (non-hydrogen) atoms. The van der Waals surface area contributed by atoms with Gasteiger partial charge in [-0.15, -0.1) is 0 Å². The Bertz CT molecular complexity index is 401. The maximum Gasteiger partial charge on any atom is 0.0877 e. The molecule has 0 amide bonds. The Kier molecular flexibility index (Phi) is 5.85. The normalized spacial score (nSPS) is 19.8. The van der Waals surface area contributed by atoms with Crippen LogP contribution in [0, 0.1) is 0 Å². The van der Waals surface area contributed by atoms with Crippen LogP contribution in [0.5, 0.6) is 0 Å². The lowest BCUT2D eigenvalue weighted by Gasteiger charge is -2.42. The molecule has 0 spiro atoms. The number of rotatable bonds is 6. The van der Waals surface area contributed by atoms with Crippen LogP contribution in [0.15, 0.2) is 24.3 Å². The minimum Gasteiger partial charge on any atom is -0.381 e. The molecule has 1 unspecified atom stereocenters. The van der Waals surface area contributed by atoms with Crippen molar-refractivity contribution in [2.75, 3.05) is 26.9 Å². The number of benzene rings is 1. The molecular formula is C16H24ClNO2. The van der Waals surface area contributed by atoms with Crippen LogP contribution in [-0.4, -0.2) is 38.5 Å². The van der Waals surface area contributed by atoms with Gasteiger partial charge >= 0.3 is 0 Å². The molecule has 0 aromatic heterocycles. The van der Waals surface area contributed by atoms with Gasteiger partial charge in [-0.2, -0.15) is 0 Å². The van der Waals surface area contributed by atoms with Gasteiger partial charge < -0.3 is 14.8 Å². The van der Waals surface area contributed by atoms with Gasteiger partial charge in [0.25, 0.3) is 0 Å². The molecule has 3 nitrogen and oxygen atoms in total. The van der Waals surface area contributed by atoms with Crippen molar-refractivity contribution in [2.24, 2.45) is 0 Å². The zero-order chi connectivity index (χ0) is 14.4. The van der Waals surface area contributed by atoms with Crippen molar-refractivity contribution >= 4 is 11.6 Å². The number of ether oxygens (including phenoxy) is 2. The molecule has 1 atom stereocenters. The first-order chi connectivity index (χ1) is 9.70. The minimum absolute atomic E-state index is 0.131. The van der Waals surface area contributed by atoms with E-state index in [0.29, 0.717) is 6.04 Å². The van der Waals surface area contributed by atoms with E-state index in [1.807, 2.05) is 19.2 Å². The predicted octanol–water partition coefficient (Wildman–Crippen LogP) is 3.06. The highest BCUT2D eigenvalue weighted by molar-refractivity contribution is 6.30. The monoisotopic (exact) mass is 297 g/mol. The van der Waals surface area contributed by atoms with Gasteiger partial charge in [-0.05, 0) is 30.7 Å². The zero-order valence-electron chi connectivity index (χ0n) is 12.3. The third-order valence-electron chi connectivity index (χ3n) is 4.18. The van der Waals surface area contributed by atoms with E-state index in [4.69, 9.17) is 21.1 Å². The summed E-state index contributed by atoms with van der Waals surface area (Å²) in [6, 6.07) is 8.37. The summed E-state index contributed by atoms with van der Waals surface area (Å²) in [6.07, 6.45) is 2.82. The average molecular weight is 298 g/mol. The van der Waals surface area contributed by atoms with Gasteiger partial charge in [-0.25, -0.2) is 0 Å². The summed E-state index contributed by atoms with van der Waals surface area (Å²) >= 11 is 5.96. The van der Waals surface area contributed by atoms with Gasteiger partial charge in [0.05, 0.1) is 5.60 Å². The highest BCUT2D eigenvalue weighted by Gasteiger charge is 2.40. The van der Waals surface area contributed by atoms with Crippen molar-refractivity contribution in [2.45, 2.75) is 37.8 Å². The second-order valence-corrected chi connectivity index (χ2v) is 5.76. The second-order valence-electron chi connectivity index (χ2n) is 5.32. The third kappa shape index (κ3) is 3.73. The molecular weight excluding hydrogens is 274 g/mol. The van der Waals surface area contributed by atoms with Crippen LogP contribution in [0.2, 0.25) is 5.02 Å². The van der Waals surface area contributed by atoms with Crippen LogP contribution in [0.25, 0.3) is 0 Å². The highest BCUT2D eigenvalue weighted by atomic mass is 35.5. The molecule has 1 aliphatic heterocycles. The smallest absolute Gasteiger partial charge is 0.0877 e. The fraction of sp³-hybridized carbons (Fsp3) is 0.625. The number of hydrogen-bond acceptors (Lipinski definition) is 3. The van der Waals surface area contributed by atoms with E-state index in [2.05, 4.69) is 24.4 Å². The van der Waals surface area contributed by atoms with Gasteiger partial charge in [0.2, 0.25) is 0 Å². The van der Waals surface area contributed by atoms with Crippen molar-refractivity contribution < 1.29 is 9.47 Å². The van der Waals surface area contributed by atoms with Crippen LogP contribution in [-0.2, 0) is 15.9 Å². The average Bonchev–Trinajstić information content (AvgIpc) is 2.49. The van der Waals surface area contributed by atoms with Gasteiger partial charge in [-0.3, -0.25) is 0 Å². The molecule has 0 saturated carbocycles. The lowest BCUT2D eigenvalue weighted by atomic mass is 9.82. The molecule has 1 N–H and O–H groups in total. The summed E-state index contributed by atoms with van der Waals surface area (Å²) in [6.45, 7) is 4.62. The number of nitrogens with one attached hydrogen (secondary N) is 1. The Morgan fingerprint density at radius 3 is 2.50 bits per heavy atom. The summed E-state index contributed by atoms with van der Waals surface area (Å²) in [7, 11) is 1.82. The molecule has 1 heterocycles. The third-order valence-corrected chi connectivity index (χ3v) is 4.44. The van der Waals surface area contributed by atoms with Crippen molar-refractivity contribution in [1.82, 2.24) is 5.32 Å². The Morgan fingerprint density at radius 1 is 1.30 bits per heavy atom. The maximum atomic E-state index is 5.96. The van der Waals surface area contributed by atoms with Gasteiger partial charge in [0.15, 0.2) is 0 Å². The molecule has 1 fully saturated rings. The van der Waals surface area contributed by atoms with E-state index in [0.717, 1.165) is 44.0 Å². The van der Waals surface area contributed by atoms with Crippen LogP contribution >= 0.6 is 11.6 Å². The molecule has 4 heteroatoms. The number of halogens is 1. The van der Waals surface area contributed by atoms with Crippen molar-refractivity contribution in [3.05, 3.63) is 34.9 Å². The highest BCUT2D eigenvalue weighted by Crippen LogP contribution is 2.30. The summed E-state index contributed by atoms with van der Waals surface area (Å²) in [5, 5.41) is 4.37. The Morgan fingerprint density at radius 2 is 1.95 bits per heavy atom. The Hall–Kier alpha value is -0.610. The molecule has 1 aromatic carbocycles. The maximum absolute atomic E-state index is 5.96. The second kappa shape index (κ2) is 7.41. The lowest BCUT2D eigenvalue weighted by Crippen LogP contribution is -2.56. The van der Waals surface area contributed by atoms with Crippen LogP contribution < -0.4 is 5.32 Å². The van der Waals surface area contributed by atoms with E-state index < -0.39 is 0 Å². The van der Waals surface area contributed by atoms with Crippen LogP contribution in [0.1, 0.15) is 25.3 Å². The van der Waals surface area contributed by atoms with E-state index >= 15 is 0 Å². The van der Waals surface area contributed by atoms with E-state index in [1.54, 1.807) is 0 Å². The van der Waals surface area contributed by atoms with Crippen molar-refractivity contribution in [3.8, 4) is 0 Å². The van der Waals surface area contributed by atoms with Crippen LogP contribution in [0.4, 0.5) is 0 Å². The van der Waals surface area contributed by atoms with E-state index in [1.165, 1.54) is 5.56 Å². The summed E-state index contributed by atoms with van der Waals surface area (Å²) < 4.78 is 11.4. The quantitative estimate of drug-likeness (QED) is 0.875. The van der Waals surface area contributed by atoms with Gasteiger partial charge in [0.1, 0.15) is 0 Å². The molecule has 0 bridgehead atoms. The predicted molar refractivity (Wildman–Crippen MR) is 82.4 cm³/mol. The number of likely N-dealkylation sites (N-methyl/N-ethyl adjacent to an activating group) is 1. The summed E-state index contributed by atoms with van der Waals surface area (Å²) in [4.78, 5) is 0. The first-order valence-electron chi connectivity index (χ1n) is 7.31. The Balaban J connectivity index is 2.14. The fourth-order valence-corrected chi connectivity index (χ4v) is 3.08. The number of hydrogen-bond donors (Lipinski definition) is 1. The van der Waals surface area contributed by atoms with Crippen LogP contribution in [0.3, 0.4) is 0 Å². The standard InChI is InChI=1S/C16H24ClNO2/c1-3-18-15(12-13-4-6-14(17)7-5-13)16(19-2)8-10-20-11-9-16/h4-7,15,18H,3,8-12H2,1-2H3. The SMILES string of the molecule is CCNC(Cc1ccc(Cl)cc1)C1(OC)CCOCC1. The number of methoxy groups -OCH3 is 1. The molecule has 2 rings (SSSR count). The largest absolute Gasteiger partial charge is 0.381 e. The van der Waals surface area contributed by atoms with Crippen molar-refractivity contribution in [1.29, 1.82) is 0 Å². The summed E-state index contributed by atoms with van der Waals surface area (Å²) in [5.41, 5.74) is 1.15. The minimum atomic E-state index is -0.131. The van der Waals surface area contributed by atoms with E-state index in [-0.39, 0.29) is 5.60 Å². The molecule has 0 aliphatic carbocycles. The Labute approximate surface area is 126 Å². The topological polar surface area (TPSA) is 30.5 Å². The molecule has 112 valence electrons. The molecule has 1 saturated heterocycles. The first kappa shape index (κ1) is 15.8. The first-order valence-corrected chi connectivity index (χ1v) is 7.68. The molecule has 0 radical (unpaired) electrons.